The Morgan fingerprint density at radius 3 is 2.94 bits per heavy atom. The van der Waals surface area contributed by atoms with Crippen LogP contribution < -0.4 is 16.0 Å². The number of methoxy groups -OCH3 is 1. The lowest BCUT2D eigenvalue weighted by molar-refractivity contribution is 0.390. The van der Waals surface area contributed by atoms with Crippen molar-refractivity contribution >= 4 is 11.8 Å². The molecule has 0 aromatic carbocycles. The first-order valence-corrected chi connectivity index (χ1v) is 6.72. The van der Waals surface area contributed by atoms with Gasteiger partial charge in [0, 0.05) is 6.54 Å². The Kier molecular flexibility index (Phi) is 5.65. The highest BCUT2D eigenvalue weighted by Crippen LogP contribution is 2.27. The fraction of sp³-hybridized carbons (Fsp3) is 0.700. The zero-order valence-electron chi connectivity index (χ0n) is 10.1. The maximum atomic E-state index is 5.60. The molecule has 92 valence electrons. The van der Waals surface area contributed by atoms with E-state index in [4.69, 9.17) is 10.6 Å². The van der Waals surface area contributed by atoms with Gasteiger partial charge >= 0.3 is 0 Å². The number of hydrogen-bond acceptors (Lipinski definition) is 5. The molecule has 0 amide bonds. The first-order valence-electron chi connectivity index (χ1n) is 5.33. The summed E-state index contributed by atoms with van der Waals surface area (Å²) < 4.78 is 7.23. The molecule has 0 bridgehead atoms. The van der Waals surface area contributed by atoms with E-state index >= 15 is 0 Å². The van der Waals surface area contributed by atoms with Gasteiger partial charge in [-0.05, 0) is 25.4 Å². The number of nitrogens with zero attached hydrogens (tertiary/aromatic N) is 2. The third-order valence-electron chi connectivity index (χ3n) is 2.51. The second-order valence-corrected chi connectivity index (χ2v) is 4.40. The third-order valence-corrected chi connectivity index (χ3v) is 3.15. The van der Waals surface area contributed by atoms with Crippen LogP contribution in [0.25, 0.3) is 0 Å². The molecule has 3 N–H and O–H groups in total. The first-order chi connectivity index (χ1) is 7.78. The van der Waals surface area contributed by atoms with Gasteiger partial charge in [0.15, 0.2) is 5.75 Å². The lowest BCUT2D eigenvalue weighted by Gasteiger charge is -2.18. The van der Waals surface area contributed by atoms with Crippen LogP contribution in [0.4, 0.5) is 0 Å². The topological polar surface area (TPSA) is 65.1 Å². The molecular formula is C10H20N4OS. The van der Waals surface area contributed by atoms with E-state index in [-0.39, 0.29) is 6.04 Å². The molecule has 0 radical (unpaired) electrons. The molecule has 6 heteroatoms. The van der Waals surface area contributed by atoms with Crippen LogP contribution in [0.15, 0.2) is 6.20 Å². The molecule has 1 unspecified atom stereocenters. The van der Waals surface area contributed by atoms with Gasteiger partial charge in [-0.15, -0.1) is 0 Å². The van der Waals surface area contributed by atoms with Crippen molar-refractivity contribution in [2.75, 3.05) is 19.1 Å². The Labute approximate surface area is 101 Å². The summed E-state index contributed by atoms with van der Waals surface area (Å²) in [7, 11) is 1.66. The molecule has 1 atom stereocenters. The molecule has 1 heterocycles. The van der Waals surface area contributed by atoms with Gasteiger partial charge in [-0.2, -0.15) is 16.9 Å². The van der Waals surface area contributed by atoms with Crippen LogP contribution in [0.2, 0.25) is 0 Å². The highest BCUT2D eigenvalue weighted by Gasteiger charge is 2.19. The van der Waals surface area contributed by atoms with Gasteiger partial charge in [-0.1, -0.05) is 0 Å². The van der Waals surface area contributed by atoms with E-state index in [9.17, 15) is 0 Å². The van der Waals surface area contributed by atoms with E-state index < -0.39 is 0 Å². The molecule has 0 fully saturated rings. The molecule has 1 rings (SSSR count). The van der Waals surface area contributed by atoms with Crippen molar-refractivity contribution < 1.29 is 4.74 Å². The molecule has 0 spiro atoms. The zero-order valence-corrected chi connectivity index (χ0v) is 10.9. The Balaban J connectivity index is 2.91. The van der Waals surface area contributed by atoms with Gasteiger partial charge in [0.1, 0.15) is 0 Å². The third kappa shape index (κ3) is 2.90. The molecule has 1 aromatic heterocycles. The summed E-state index contributed by atoms with van der Waals surface area (Å²) in [4.78, 5) is 0. The van der Waals surface area contributed by atoms with Crippen LogP contribution in [-0.2, 0) is 6.54 Å². The predicted octanol–water partition coefficient (Wildman–Crippen LogP) is 1.17. The standard InChI is InChI=1S/C10H20N4OS/c1-4-14-10(9(15-2)7-12-14)8(13-11)5-6-16-3/h7-8,13H,4-6,11H2,1-3H3. The van der Waals surface area contributed by atoms with E-state index in [0.717, 1.165) is 30.2 Å². The van der Waals surface area contributed by atoms with E-state index in [1.54, 1.807) is 25.1 Å². The van der Waals surface area contributed by atoms with Crippen molar-refractivity contribution in [1.82, 2.24) is 15.2 Å². The van der Waals surface area contributed by atoms with Gasteiger partial charge in [0.2, 0.25) is 0 Å². The number of hydrazine groups is 1. The Morgan fingerprint density at radius 2 is 2.44 bits per heavy atom. The average molecular weight is 244 g/mol. The number of hydrogen-bond donors (Lipinski definition) is 2. The molecular weight excluding hydrogens is 224 g/mol. The van der Waals surface area contributed by atoms with Crippen LogP contribution in [-0.4, -0.2) is 28.9 Å². The first kappa shape index (κ1) is 13.3. The van der Waals surface area contributed by atoms with E-state index in [0.29, 0.717) is 0 Å². The average Bonchev–Trinajstić information content (AvgIpc) is 2.73. The summed E-state index contributed by atoms with van der Waals surface area (Å²) in [5.41, 5.74) is 3.86. The maximum absolute atomic E-state index is 5.60. The van der Waals surface area contributed by atoms with Crippen molar-refractivity contribution in [2.45, 2.75) is 25.9 Å². The fourth-order valence-corrected chi connectivity index (χ4v) is 2.14. The number of thioether (sulfide) groups is 1. The minimum atomic E-state index is 0.0878. The van der Waals surface area contributed by atoms with Crippen molar-refractivity contribution in [2.24, 2.45) is 5.84 Å². The van der Waals surface area contributed by atoms with Crippen molar-refractivity contribution in [3.05, 3.63) is 11.9 Å². The predicted molar refractivity (Wildman–Crippen MR) is 67.5 cm³/mol. The van der Waals surface area contributed by atoms with Crippen molar-refractivity contribution in [3.8, 4) is 5.75 Å². The van der Waals surface area contributed by atoms with Crippen LogP contribution >= 0.6 is 11.8 Å². The molecule has 16 heavy (non-hydrogen) atoms. The van der Waals surface area contributed by atoms with Crippen molar-refractivity contribution in [3.63, 3.8) is 0 Å². The Hall–Kier alpha value is -0.720. The Morgan fingerprint density at radius 1 is 1.69 bits per heavy atom. The summed E-state index contributed by atoms with van der Waals surface area (Å²) in [6.45, 7) is 2.87. The summed E-state index contributed by atoms with van der Waals surface area (Å²) in [5, 5.41) is 4.27. The second-order valence-electron chi connectivity index (χ2n) is 3.41. The van der Waals surface area contributed by atoms with Crippen LogP contribution in [0.3, 0.4) is 0 Å². The molecule has 0 aliphatic heterocycles. The summed E-state index contributed by atoms with van der Waals surface area (Å²) in [5.74, 6) is 7.44. The number of rotatable bonds is 7. The summed E-state index contributed by atoms with van der Waals surface area (Å²) in [6, 6.07) is 0.0878. The summed E-state index contributed by atoms with van der Waals surface area (Å²) >= 11 is 1.80. The molecule has 0 saturated carbocycles. The van der Waals surface area contributed by atoms with E-state index in [1.807, 2.05) is 4.68 Å². The van der Waals surface area contributed by atoms with Gasteiger partial charge in [0.25, 0.3) is 0 Å². The largest absolute Gasteiger partial charge is 0.493 e. The van der Waals surface area contributed by atoms with Crippen LogP contribution in [0.5, 0.6) is 5.75 Å². The molecule has 0 aliphatic carbocycles. The van der Waals surface area contributed by atoms with Crippen LogP contribution in [0, 0.1) is 0 Å². The number of nitrogens with two attached hydrogens (primary N) is 1. The van der Waals surface area contributed by atoms with Crippen molar-refractivity contribution in [1.29, 1.82) is 0 Å². The summed E-state index contributed by atoms with van der Waals surface area (Å²) in [6.07, 6.45) is 4.78. The smallest absolute Gasteiger partial charge is 0.161 e. The second kappa shape index (κ2) is 6.78. The molecule has 0 saturated heterocycles. The number of nitrogens with one attached hydrogen (secondary N) is 1. The normalized spacial score (nSPS) is 12.8. The quantitative estimate of drug-likeness (QED) is 0.557. The lowest BCUT2D eigenvalue weighted by Crippen LogP contribution is -2.30. The van der Waals surface area contributed by atoms with Crippen LogP contribution in [0.1, 0.15) is 25.1 Å². The minimum Gasteiger partial charge on any atom is -0.493 e. The Bertz CT molecular complexity index is 294. The van der Waals surface area contributed by atoms with Gasteiger partial charge in [0.05, 0.1) is 25.0 Å². The van der Waals surface area contributed by atoms with Gasteiger partial charge in [-0.3, -0.25) is 16.0 Å². The highest BCUT2D eigenvalue weighted by atomic mass is 32.2. The SMILES string of the molecule is CCn1ncc(OC)c1C(CCSC)NN. The monoisotopic (exact) mass is 244 g/mol. The zero-order chi connectivity index (χ0) is 12.0. The molecule has 0 aliphatic rings. The lowest BCUT2D eigenvalue weighted by atomic mass is 10.1. The highest BCUT2D eigenvalue weighted by molar-refractivity contribution is 7.98. The number of ether oxygens (including phenoxy) is 1. The van der Waals surface area contributed by atoms with Gasteiger partial charge < -0.3 is 4.74 Å². The minimum absolute atomic E-state index is 0.0878. The number of aromatic nitrogens is 2. The van der Waals surface area contributed by atoms with Gasteiger partial charge in [-0.25, -0.2) is 0 Å². The molecule has 5 nitrogen and oxygen atoms in total. The van der Waals surface area contributed by atoms with E-state index in [1.165, 1.54) is 0 Å². The maximum Gasteiger partial charge on any atom is 0.161 e. The van der Waals surface area contributed by atoms with E-state index in [2.05, 4.69) is 23.7 Å². The number of aryl methyl sites for hydroxylation is 1. The molecule has 1 aromatic rings. The fourth-order valence-electron chi connectivity index (χ4n) is 1.67.